The number of rotatable bonds is 4. The zero-order valence-electron chi connectivity index (χ0n) is 8.37. The van der Waals surface area contributed by atoms with E-state index in [9.17, 15) is 13.2 Å². The maximum Gasteiger partial charge on any atom is 0.390 e. The first-order valence-corrected chi connectivity index (χ1v) is 6.98. The molecule has 1 unspecified atom stereocenters. The Balaban J connectivity index is 2.89. The third-order valence-electron chi connectivity index (χ3n) is 1.94. The summed E-state index contributed by atoms with van der Waals surface area (Å²) in [6.45, 7) is 2.29. The second-order valence-electron chi connectivity index (χ2n) is 3.21. The number of hydrogen-bond acceptors (Lipinski definition) is 2. The number of nitrogens with one attached hydrogen (secondary N) is 1. The molecule has 7 heteroatoms. The third kappa shape index (κ3) is 4.35. The molecule has 0 aliphatic heterocycles. The second kappa shape index (κ2) is 5.84. The summed E-state index contributed by atoms with van der Waals surface area (Å²) in [5.41, 5.74) is 0.649. The molecule has 1 aromatic heterocycles. The zero-order chi connectivity index (χ0) is 12.3. The lowest BCUT2D eigenvalue weighted by Crippen LogP contribution is -2.26. The average Bonchev–Trinajstić information content (AvgIpc) is 2.42. The molecule has 1 N–H and O–H groups in total. The van der Waals surface area contributed by atoms with E-state index in [2.05, 4.69) is 37.2 Å². The van der Waals surface area contributed by atoms with Crippen LogP contribution in [0, 0.1) is 0 Å². The van der Waals surface area contributed by atoms with E-state index in [0.29, 0.717) is 12.1 Å². The summed E-state index contributed by atoms with van der Waals surface area (Å²) < 4.78 is 38.7. The molecule has 0 saturated carbocycles. The average molecular weight is 381 g/mol. The van der Waals surface area contributed by atoms with Gasteiger partial charge in [-0.05, 0) is 50.0 Å². The molecule has 0 spiro atoms. The zero-order valence-corrected chi connectivity index (χ0v) is 12.4. The van der Waals surface area contributed by atoms with Crippen LogP contribution in [0.1, 0.15) is 24.9 Å². The van der Waals surface area contributed by atoms with Gasteiger partial charge in [0.1, 0.15) is 0 Å². The fourth-order valence-corrected chi connectivity index (χ4v) is 4.33. The van der Waals surface area contributed by atoms with Gasteiger partial charge >= 0.3 is 6.18 Å². The molecule has 0 saturated heterocycles. The molecule has 1 rings (SSSR count). The third-order valence-corrected chi connectivity index (χ3v) is 4.33. The van der Waals surface area contributed by atoms with Gasteiger partial charge in [-0.25, -0.2) is 0 Å². The highest BCUT2D eigenvalue weighted by Crippen LogP contribution is 2.39. The molecule has 0 aliphatic rings. The molecule has 0 bridgehead atoms. The number of halogens is 5. The van der Waals surface area contributed by atoms with Crippen molar-refractivity contribution < 1.29 is 13.2 Å². The van der Waals surface area contributed by atoms with E-state index in [1.54, 1.807) is 13.0 Å². The van der Waals surface area contributed by atoms with Gasteiger partial charge in [-0.15, -0.1) is 11.3 Å². The van der Waals surface area contributed by atoms with E-state index < -0.39 is 18.6 Å². The van der Waals surface area contributed by atoms with Crippen molar-refractivity contribution in [3.8, 4) is 0 Å². The Hall–Kier alpha value is 0.410. The minimum absolute atomic E-state index is 0.501. The molecule has 0 aliphatic carbocycles. The summed E-state index contributed by atoms with van der Waals surface area (Å²) in [5.74, 6) is 0. The fourth-order valence-electron chi connectivity index (χ4n) is 1.36. The molecule has 1 aromatic rings. The maximum atomic E-state index is 12.4. The molecule has 92 valence electrons. The van der Waals surface area contributed by atoms with Crippen molar-refractivity contribution in [2.75, 3.05) is 6.54 Å². The van der Waals surface area contributed by atoms with Gasteiger partial charge in [0.25, 0.3) is 0 Å². The Bertz CT molecular complexity index is 351. The van der Waals surface area contributed by atoms with Gasteiger partial charge in [0.2, 0.25) is 0 Å². The van der Waals surface area contributed by atoms with Gasteiger partial charge < -0.3 is 5.32 Å². The lowest BCUT2D eigenvalue weighted by molar-refractivity contribution is -0.140. The number of thiophene rings is 1. The predicted octanol–water partition coefficient (Wildman–Crippen LogP) is 4.88. The van der Waals surface area contributed by atoms with E-state index >= 15 is 0 Å². The largest absolute Gasteiger partial charge is 0.390 e. The van der Waals surface area contributed by atoms with E-state index in [-0.39, 0.29) is 0 Å². The predicted molar refractivity (Wildman–Crippen MR) is 66.8 cm³/mol. The monoisotopic (exact) mass is 379 g/mol. The minimum Gasteiger partial charge on any atom is -0.310 e. The first-order valence-electron chi connectivity index (χ1n) is 4.58. The quantitative estimate of drug-likeness (QED) is 0.785. The summed E-state index contributed by atoms with van der Waals surface area (Å²) in [7, 11) is 0. The van der Waals surface area contributed by atoms with Crippen LogP contribution in [0.3, 0.4) is 0 Å². The molecule has 1 heterocycles. The maximum absolute atomic E-state index is 12.4. The Labute approximate surface area is 113 Å². The van der Waals surface area contributed by atoms with Gasteiger partial charge in [0.15, 0.2) is 0 Å². The SMILES string of the molecule is CCNC(CC(F)(F)F)c1cc(Br)sc1Br. The Kier molecular flexibility index (Phi) is 5.28. The van der Waals surface area contributed by atoms with Crippen LogP contribution in [0.2, 0.25) is 0 Å². The lowest BCUT2D eigenvalue weighted by atomic mass is 10.1. The Morgan fingerprint density at radius 3 is 2.44 bits per heavy atom. The molecular weight excluding hydrogens is 371 g/mol. The highest BCUT2D eigenvalue weighted by molar-refractivity contribution is 9.12. The van der Waals surface area contributed by atoms with Gasteiger partial charge in [-0.1, -0.05) is 6.92 Å². The first kappa shape index (κ1) is 14.5. The highest BCUT2D eigenvalue weighted by atomic mass is 79.9. The van der Waals surface area contributed by atoms with Gasteiger partial charge in [0.05, 0.1) is 14.0 Å². The van der Waals surface area contributed by atoms with Crippen LogP contribution in [0.25, 0.3) is 0 Å². The van der Waals surface area contributed by atoms with E-state index in [0.717, 1.165) is 7.57 Å². The second-order valence-corrected chi connectivity index (χ2v) is 6.96. The van der Waals surface area contributed by atoms with Crippen LogP contribution < -0.4 is 5.32 Å². The molecule has 0 radical (unpaired) electrons. The van der Waals surface area contributed by atoms with Crippen LogP contribution >= 0.6 is 43.2 Å². The smallest absolute Gasteiger partial charge is 0.310 e. The van der Waals surface area contributed by atoms with Crippen molar-refractivity contribution in [2.45, 2.75) is 25.6 Å². The molecule has 0 aromatic carbocycles. The van der Waals surface area contributed by atoms with Crippen molar-refractivity contribution in [1.82, 2.24) is 5.32 Å². The molecule has 1 nitrogen and oxygen atoms in total. The van der Waals surface area contributed by atoms with E-state index in [1.807, 2.05) is 0 Å². The summed E-state index contributed by atoms with van der Waals surface area (Å²) in [6, 6.07) is 1.02. The molecule has 0 fully saturated rings. The summed E-state index contributed by atoms with van der Waals surface area (Å²) in [4.78, 5) is 0. The van der Waals surface area contributed by atoms with E-state index in [1.165, 1.54) is 11.3 Å². The van der Waals surface area contributed by atoms with Crippen molar-refractivity contribution in [3.63, 3.8) is 0 Å². The van der Waals surface area contributed by atoms with E-state index in [4.69, 9.17) is 0 Å². The minimum atomic E-state index is -4.17. The topological polar surface area (TPSA) is 12.0 Å². The van der Waals surface area contributed by atoms with Crippen molar-refractivity contribution in [1.29, 1.82) is 0 Å². The molecule has 1 atom stereocenters. The Morgan fingerprint density at radius 2 is 2.06 bits per heavy atom. The fraction of sp³-hybridized carbons (Fsp3) is 0.556. The van der Waals surface area contributed by atoms with Crippen LogP contribution in [0.15, 0.2) is 13.6 Å². The standard InChI is InChI=1S/C9H10Br2F3NS/c1-2-15-6(4-9(12,13)14)5-3-7(10)16-8(5)11/h3,6,15H,2,4H2,1H3. The summed E-state index contributed by atoms with van der Waals surface area (Å²) >= 11 is 7.91. The Morgan fingerprint density at radius 1 is 1.44 bits per heavy atom. The summed E-state index contributed by atoms with van der Waals surface area (Å²) in [5, 5.41) is 2.85. The van der Waals surface area contributed by atoms with Gasteiger partial charge in [0, 0.05) is 6.04 Å². The van der Waals surface area contributed by atoms with Crippen LogP contribution in [0.5, 0.6) is 0 Å². The highest BCUT2D eigenvalue weighted by Gasteiger charge is 2.33. The van der Waals surface area contributed by atoms with Crippen LogP contribution in [-0.2, 0) is 0 Å². The lowest BCUT2D eigenvalue weighted by Gasteiger charge is -2.19. The van der Waals surface area contributed by atoms with Crippen LogP contribution in [0.4, 0.5) is 13.2 Å². The van der Waals surface area contributed by atoms with Crippen molar-refractivity contribution in [2.24, 2.45) is 0 Å². The molecule has 0 amide bonds. The number of alkyl halides is 3. The van der Waals surface area contributed by atoms with Crippen LogP contribution in [-0.4, -0.2) is 12.7 Å². The van der Waals surface area contributed by atoms with Crippen molar-refractivity contribution in [3.05, 3.63) is 19.2 Å². The van der Waals surface area contributed by atoms with Crippen molar-refractivity contribution >= 4 is 43.2 Å². The number of hydrogen-bond donors (Lipinski definition) is 1. The molecule has 16 heavy (non-hydrogen) atoms. The van der Waals surface area contributed by atoms with Gasteiger partial charge in [-0.2, -0.15) is 13.2 Å². The molecular formula is C9H10Br2F3NS. The van der Waals surface area contributed by atoms with Gasteiger partial charge in [-0.3, -0.25) is 0 Å². The summed E-state index contributed by atoms with van der Waals surface area (Å²) in [6.07, 6.45) is -5.02. The normalized spacial score (nSPS) is 14.1. The first-order chi connectivity index (χ1) is 7.33.